The van der Waals surface area contributed by atoms with Gasteiger partial charge in [-0.15, -0.1) is 0 Å². The van der Waals surface area contributed by atoms with Crippen molar-refractivity contribution >= 4 is 0 Å². The number of aryl methyl sites for hydroxylation is 2. The summed E-state index contributed by atoms with van der Waals surface area (Å²) < 4.78 is 0. The zero-order valence-electron chi connectivity index (χ0n) is 18.5. The SMILES string of the molecule is C=C(CC)C(NC(=C)C(c1ccc(CC)cc1)C1CCCC1)c1ccccc1C. The molecule has 1 aliphatic carbocycles. The minimum Gasteiger partial charge on any atom is -0.378 e. The molecular weight excluding hydrogens is 350 g/mol. The van der Waals surface area contributed by atoms with Crippen LogP contribution >= 0.6 is 0 Å². The molecule has 2 atom stereocenters. The zero-order chi connectivity index (χ0) is 20.8. The molecule has 0 radical (unpaired) electrons. The van der Waals surface area contributed by atoms with Gasteiger partial charge in [-0.05, 0) is 60.8 Å². The van der Waals surface area contributed by atoms with E-state index in [1.54, 1.807) is 0 Å². The van der Waals surface area contributed by atoms with Gasteiger partial charge in [-0.2, -0.15) is 0 Å². The lowest BCUT2D eigenvalue weighted by molar-refractivity contribution is 0.448. The van der Waals surface area contributed by atoms with E-state index in [0.29, 0.717) is 11.8 Å². The summed E-state index contributed by atoms with van der Waals surface area (Å²) in [4.78, 5) is 0. The van der Waals surface area contributed by atoms with Crippen molar-refractivity contribution in [1.82, 2.24) is 5.32 Å². The quantitative estimate of drug-likeness (QED) is 0.436. The normalized spacial score (nSPS) is 16.4. The number of hydrogen-bond acceptors (Lipinski definition) is 1. The topological polar surface area (TPSA) is 12.0 Å². The van der Waals surface area contributed by atoms with Crippen molar-refractivity contribution in [3.63, 3.8) is 0 Å². The third-order valence-corrected chi connectivity index (χ3v) is 6.69. The summed E-state index contributed by atoms with van der Waals surface area (Å²) in [6.45, 7) is 15.6. The molecule has 0 bridgehead atoms. The highest BCUT2D eigenvalue weighted by Crippen LogP contribution is 2.41. The van der Waals surface area contributed by atoms with Crippen LogP contribution in [0.4, 0.5) is 0 Å². The Morgan fingerprint density at radius 2 is 1.66 bits per heavy atom. The van der Waals surface area contributed by atoms with Crippen LogP contribution in [0, 0.1) is 12.8 Å². The second-order valence-electron chi connectivity index (χ2n) is 8.59. The third kappa shape index (κ3) is 5.01. The van der Waals surface area contributed by atoms with Gasteiger partial charge in [0.15, 0.2) is 0 Å². The first kappa shape index (κ1) is 21.4. The average molecular weight is 388 g/mol. The molecule has 1 heteroatoms. The first-order valence-electron chi connectivity index (χ1n) is 11.3. The minimum atomic E-state index is 0.118. The van der Waals surface area contributed by atoms with Crippen molar-refractivity contribution in [3.8, 4) is 0 Å². The Balaban J connectivity index is 1.91. The number of rotatable bonds is 9. The Kier molecular flexibility index (Phi) is 7.36. The van der Waals surface area contributed by atoms with Gasteiger partial charge in [-0.3, -0.25) is 0 Å². The molecule has 1 aliphatic rings. The molecule has 1 nitrogen and oxygen atoms in total. The molecule has 0 aliphatic heterocycles. The van der Waals surface area contributed by atoms with Crippen LogP contribution in [0.15, 0.2) is 73.0 Å². The van der Waals surface area contributed by atoms with Gasteiger partial charge in [0.2, 0.25) is 0 Å². The van der Waals surface area contributed by atoms with Crippen molar-refractivity contribution in [3.05, 3.63) is 95.2 Å². The summed E-state index contributed by atoms with van der Waals surface area (Å²) in [6.07, 6.45) is 7.31. The van der Waals surface area contributed by atoms with E-state index in [0.717, 1.165) is 18.5 Å². The molecule has 1 N–H and O–H groups in total. The van der Waals surface area contributed by atoms with Gasteiger partial charge in [0.25, 0.3) is 0 Å². The second-order valence-corrected chi connectivity index (χ2v) is 8.59. The van der Waals surface area contributed by atoms with Crippen LogP contribution in [-0.2, 0) is 6.42 Å². The highest BCUT2D eigenvalue weighted by molar-refractivity contribution is 5.37. The fraction of sp³-hybridized carbons (Fsp3) is 0.429. The van der Waals surface area contributed by atoms with Gasteiger partial charge < -0.3 is 5.32 Å². The molecule has 2 aromatic rings. The summed E-state index contributed by atoms with van der Waals surface area (Å²) in [7, 11) is 0. The van der Waals surface area contributed by atoms with Crippen LogP contribution in [0.3, 0.4) is 0 Å². The van der Waals surface area contributed by atoms with Gasteiger partial charge in [0.05, 0.1) is 6.04 Å². The van der Waals surface area contributed by atoms with E-state index >= 15 is 0 Å². The first-order chi connectivity index (χ1) is 14.0. The molecule has 0 amide bonds. The molecule has 0 aromatic heterocycles. The maximum Gasteiger partial charge on any atom is 0.0724 e. The first-order valence-corrected chi connectivity index (χ1v) is 11.3. The minimum absolute atomic E-state index is 0.118. The fourth-order valence-electron chi connectivity index (χ4n) is 4.80. The van der Waals surface area contributed by atoms with Crippen LogP contribution in [-0.4, -0.2) is 0 Å². The van der Waals surface area contributed by atoms with Crippen molar-refractivity contribution < 1.29 is 0 Å². The number of nitrogens with one attached hydrogen (secondary N) is 1. The summed E-state index contributed by atoms with van der Waals surface area (Å²) in [6, 6.07) is 18.0. The van der Waals surface area contributed by atoms with Crippen LogP contribution < -0.4 is 5.32 Å². The summed E-state index contributed by atoms with van der Waals surface area (Å²) >= 11 is 0. The van der Waals surface area contributed by atoms with E-state index in [-0.39, 0.29) is 6.04 Å². The molecule has 154 valence electrons. The molecule has 1 saturated carbocycles. The number of allylic oxidation sites excluding steroid dienone is 1. The molecule has 0 spiro atoms. The molecule has 0 saturated heterocycles. The van der Waals surface area contributed by atoms with Crippen molar-refractivity contribution in [2.45, 2.75) is 71.3 Å². The lowest BCUT2D eigenvalue weighted by Crippen LogP contribution is -2.28. The van der Waals surface area contributed by atoms with Crippen LogP contribution in [0.5, 0.6) is 0 Å². The van der Waals surface area contributed by atoms with Crippen molar-refractivity contribution in [2.75, 3.05) is 0 Å². The number of hydrogen-bond donors (Lipinski definition) is 1. The van der Waals surface area contributed by atoms with Crippen LogP contribution in [0.1, 0.15) is 80.2 Å². The largest absolute Gasteiger partial charge is 0.378 e. The fourth-order valence-corrected chi connectivity index (χ4v) is 4.80. The number of benzene rings is 2. The molecule has 2 aromatic carbocycles. The van der Waals surface area contributed by atoms with E-state index in [4.69, 9.17) is 0 Å². The van der Waals surface area contributed by atoms with E-state index in [9.17, 15) is 0 Å². The van der Waals surface area contributed by atoms with E-state index in [1.165, 1.54) is 53.5 Å². The predicted molar refractivity (Wildman–Crippen MR) is 126 cm³/mol. The smallest absolute Gasteiger partial charge is 0.0724 e. The molecule has 3 rings (SSSR count). The lowest BCUT2D eigenvalue weighted by Gasteiger charge is -2.32. The highest BCUT2D eigenvalue weighted by atomic mass is 14.9. The summed E-state index contributed by atoms with van der Waals surface area (Å²) in [5.74, 6) is 1.04. The Morgan fingerprint density at radius 1 is 1.00 bits per heavy atom. The predicted octanol–water partition coefficient (Wildman–Crippen LogP) is 7.64. The van der Waals surface area contributed by atoms with Crippen molar-refractivity contribution in [1.29, 1.82) is 0 Å². The highest BCUT2D eigenvalue weighted by Gasteiger charge is 2.30. The Bertz CT molecular complexity index is 824. The van der Waals surface area contributed by atoms with Gasteiger partial charge >= 0.3 is 0 Å². The van der Waals surface area contributed by atoms with Gasteiger partial charge in [0, 0.05) is 11.6 Å². The zero-order valence-corrected chi connectivity index (χ0v) is 18.5. The average Bonchev–Trinajstić information content (AvgIpc) is 3.27. The van der Waals surface area contributed by atoms with Crippen molar-refractivity contribution in [2.24, 2.45) is 5.92 Å². The second kappa shape index (κ2) is 9.96. The summed E-state index contributed by atoms with van der Waals surface area (Å²) in [5.41, 5.74) is 7.77. The Labute approximate surface area is 177 Å². The lowest BCUT2D eigenvalue weighted by atomic mass is 9.81. The van der Waals surface area contributed by atoms with Gasteiger partial charge in [-0.25, -0.2) is 0 Å². The molecule has 29 heavy (non-hydrogen) atoms. The monoisotopic (exact) mass is 387 g/mol. The van der Waals surface area contributed by atoms with E-state index < -0.39 is 0 Å². The maximum atomic E-state index is 4.58. The summed E-state index contributed by atoms with van der Waals surface area (Å²) in [5, 5.41) is 3.83. The molecular formula is C28H37N. The Hall–Kier alpha value is -2.28. The third-order valence-electron chi connectivity index (χ3n) is 6.69. The maximum absolute atomic E-state index is 4.58. The molecule has 2 unspecified atom stereocenters. The van der Waals surface area contributed by atoms with E-state index in [2.05, 4.69) is 87.8 Å². The van der Waals surface area contributed by atoms with E-state index in [1.807, 2.05) is 0 Å². The van der Waals surface area contributed by atoms with Crippen LogP contribution in [0.2, 0.25) is 0 Å². The molecule has 0 heterocycles. The standard InChI is InChI=1S/C28H37N/c1-6-20(3)28(26-15-11-8-12-21(26)4)29-22(5)27(24-13-9-10-14-24)25-18-16-23(7-2)17-19-25/h8,11-12,15-19,24,27-29H,3,5-7,9-10,13-14H2,1-2,4H3. The molecule has 1 fully saturated rings. The van der Waals surface area contributed by atoms with Gasteiger partial charge in [-0.1, -0.05) is 94.0 Å². The van der Waals surface area contributed by atoms with Crippen LogP contribution in [0.25, 0.3) is 0 Å². The Morgan fingerprint density at radius 3 is 2.24 bits per heavy atom. The van der Waals surface area contributed by atoms with Gasteiger partial charge in [0.1, 0.15) is 0 Å².